The molecule has 4 saturated heterocycles. The molecule has 1 aromatic rings. The predicted molar refractivity (Wildman–Crippen MR) is 118 cm³/mol. The molecule has 5 fully saturated rings. The highest BCUT2D eigenvalue weighted by atomic mass is 17.3. The fraction of sp³-hybridized carbons (Fsp3) is 0.731. The van der Waals surface area contributed by atoms with Gasteiger partial charge in [-0.15, -0.1) is 0 Å². The lowest BCUT2D eigenvalue weighted by molar-refractivity contribution is -0.571. The van der Waals surface area contributed by atoms with Gasteiger partial charge in [-0.3, -0.25) is 0 Å². The zero-order valence-electron chi connectivity index (χ0n) is 19.7. The molecule has 1 aliphatic carbocycles. The number of esters is 1. The first-order valence-corrected chi connectivity index (χ1v) is 12.3. The summed E-state index contributed by atoms with van der Waals surface area (Å²) >= 11 is 0. The molecule has 5 aliphatic rings. The van der Waals surface area contributed by atoms with Crippen LogP contribution < -0.4 is 0 Å². The van der Waals surface area contributed by atoms with Crippen LogP contribution in [0, 0.1) is 30.6 Å². The van der Waals surface area contributed by atoms with Gasteiger partial charge in [0.05, 0.1) is 18.3 Å². The summed E-state index contributed by atoms with van der Waals surface area (Å²) in [6, 6.07) is 7.50. The molecule has 32 heavy (non-hydrogen) atoms. The van der Waals surface area contributed by atoms with Crippen LogP contribution in [0.15, 0.2) is 24.3 Å². The van der Waals surface area contributed by atoms with E-state index in [0.717, 1.165) is 37.7 Å². The van der Waals surface area contributed by atoms with E-state index in [1.165, 1.54) is 6.42 Å². The number of carbonyl (C=O) groups excluding carboxylic acids is 1. The summed E-state index contributed by atoms with van der Waals surface area (Å²) in [5.41, 5.74) is 1.14. The monoisotopic (exact) mass is 444 g/mol. The molecule has 0 radical (unpaired) electrons. The van der Waals surface area contributed by atoms with Crippen LogP contribution in [0.4, 0.5) is 0 Å². The lowest BCUT2D eigenvalue weighted by Gasteiger charge is -2.60. The van der Waals surface area contributed by atoms with E-state index in [1.807, 2.05) is 32.0 Å². The molecule has 4 aliphatic heterocycles. The number of hydrogen-bond acceptors (Lipinski definition) is 6. The van der Waals surface area contributed by atoms with E-state index in [2.05, 4.69) is 13.8 Å². The third-order valence-electron chi connectivity index (χ3n) is 8.41. The Morgan fingerprint density at radius 2 is 2.00 bits per heavy atom. The van der Waals surface area contributed by atoms with Gasteiger partial charge in [-0.25, -0.2) is 14.6 Å². The normalized spacial score (nSPS) is 42.8. The van der Waals surface area contributed by atoms with Gasteiger partial charge in [-0.1, -0.05) is 31.5 Å². The summed E-state index contributed by atoms with van der Waals surface area (Å²) in [6.45, 7) is 8.92. The second-order valence-electron chi connectivity index (χ2n) is 10.6. The fourth-order valence-corrected chi connectivity index (χ4v) is 6.61. The number of ether oxygens (including phenoxy) is 3. The van der Waals surface area contributed by atoms with Crippen molar-refractivity contribution in [3.05, 3.63) is 35.4 Å². The Morgan fingerprint density at radius 3 is 2.81 bits per heavy atom. The minimum Gasteiger partial charge on any atom is -0.462 e. The average Bonchev–Trinajstić information content (AvgIpc) is 3.00. The van der Waals surface area contributed by atoms with Crippen LogP contribution in [0.2, 0.25) is 0 Å². The van der Waals surface area contributed by atoms with Crippen molar-refractivity contribution in [3.63, 3.8) is 0 Å². The van der Waals surface area contributed by atoms with Crippen molar-refractivity contribution >= 4 is 5.97 Å². The SMILES string of the molecule is Cc1cccc(C(=O)OCCC[C@H]2OC3O[C@]4(C)CC[C@H]5[C@H](C)CC[C@@H]([C@H]2C)[C@@]35OO4)c1. The van der Waals surface area contributed by atoms with E-state index >= 15 is 0 Å². The summed E-state index contributed by atoms with van der Waals surface area (Å²) < 4.78 is 18.5. The quantitative estimate of drug-likeness (QED) is 0.354. The average molecular weight is 445 g/mol. The Balaban J connectivity index is 1.24. The second kappa shape index (κ2) is 8.39. The van der Waals surface area contributed by atoms with Gasteiger partial charge in [0.2, 0.25) is 5.79 Å². The molecule has 176 valence electrons. The smallest absolute Gasteiger partial charge is 0.338 e. The van der Waals surface area contributed by atoms with Crippen LogP contribution in [-0.2, 0) is 24.0 Å². The number of rotatable bonds is 5. The maximum atomic E-state index is 12.3. The highest BCUT2D eigenvalue weighted by Gasteiger charge is 2.69. The van der Waals surface area contributed by atoms with Crippen LogP contribution in [0.25, 0.3) is 0 Å². The Kier molecular flexibility index (Phi) is 5.85. The molecule has 0 N–H and O–H groups in total. The van der Waals surface area contributed by atoms with Crippen molar-refractivity contribution in [2.75, 3.05) is 6.61 Å². The van der Waals surface area contributed by atoms with E-state index in [1.54, 1.807) is 6.07 Å². The largest absolute Gasteiger partial charge is 0.462 e. The summed E-state index contributed by atoms with van der Waals surface area (Å²) in [5, 5.41) is 0. The number of carbonyl (C=O) groups is 1. The molecule has 6 nitrogen and oxygen atoms in total. The van der Waals surface area contributed by atoms with Gasteiger partial charge in [0, 0.05) is 12.3 Å². The van der Waals surface area contributed by atoms with E-state index in [9.17, 15) is 4.79 Å². The van der Waals surface area contributed by atoms with Gasteiger partial charge < -0.3 is 14.2 Å². The lowest BCUT2D eigenvalue weighted by Crippen LogP contribution is -2.70. The van der Waals surface area contributed by atoms with E-state index in [-0.39, 0.29) is 12.1 Å². The van der Waals surface area contributed by atoms with Crippen LogP contribution in [-0.4, -0.2) is 36.4 Å². The maximum absolute atomic E-state index is 12.3. The molecule has 1 aromatic carbocycles. The molecule has 1 saturated carbocycles. The predicted octanol–water partition coefficient (Wildman–Crippen LogP) is 5.18. The Bertz CT molecular complexity index is 856. The molecule has 1 unspecified atom stereocenters. The summed E-state index contributed by atoms with van der Waals surface area (Å²) in [4.78, 5) is 24.4. The standard InChI is InChI=1S/C26H36O6/c1-16-7-5-8-19(15-16)23(27)28-14-6-9-22-18(3)21-11-10-17(2)20-12-13-25(4)30-24(29-22)26(20,21)32-31-25/h5,7-8,15,17-18,20-22,24H,6,9-14H2,1-4H3/t17-,18-,20+,21+,22-,24?,25+,26-/m1/s1. The van der Waals surface area contributed by atoms with E-state index < -0.39 is 17.7 Å². The molecular formula is C26H36O6. The maximum Gasteiger partial charge on any atom is 0.338 e. The van der Waals surface area contributed by atoms with Gasteiger partial charge in [0.15, 0.2) is 11.9 Å². The zero-order valence-corrected chi connectivity index (χ0v) is 19.7. The first kappa shape index (κ1) is 22.3. The van der Waals surface area contributed by atoms with Gasteiger partial charge in [0.1, 0.15) is 0 Å². The number of fused-ring (bicyclic) bond motifs is 2. The minimum absolute atomic E-state index is 0.0499. The van der Waals surface area contributed by atoms with Gasteiger partial charge >= 0.3 is 5.97 Å². The molecule has 0 amide bonds. The van der Waals surface area contributed by atoms with Crippen LogP contribution in [0.5, 0.6) is 0 Å². The van der Waals surface area contributed by atoms with Crippen molar-refractivity contribution in [2.45, 2.75) is 90.0 Å². The Morgan fingerprint density at radius 1 is 1.16 bits per heavy atom. The van der Waals surface area contributed by atoms with Crippen molar-refractivity contribution < 1.29 is 28.8 Å². The molecule has 8 atom stereocenters. The van der Waals surface area contributed by atoms with Gasteiger partial charge in [-0.2, -0.15) is 0 Å². The molecule has 1 spiro atoms. The zero-order chi connectivity index (χ0) is 22.5. The molecule has 6 heteroatoms. The third-order valence-corrected chi connectivity index (χ3v) is 8.41. The van der Waals surface area contributed by atoms with Gasteiger partial charge in [-0.05, 0) is 75.8 Å². The van der Waals surface area contributed by atoms with Crippen LogP contribution in [0.1, 0.15) is 75.2 Å². The van der Waals surface area contributed by atoms with Crippen LogP contribution >= 0.6 is 0 Å². The first-order valence-electron chi connectivity index (χ1n) is 12.3. The second-order valence-corrected chi connectivity index (χ2v) is 10.6. The lowest BCUT2D eigenvalue weighted by atomic mass is 9.57. The summed E-state index contributed by atoms with van der Waals surface area (Å²) in [5.74, 6) is 0.598. The molecule has 2 bridgehead atoms. The molecular weight excluding hydrogens is 408 g/mol. The molecule has 0 aromatic heterocycles. The topological polar surface area (TPSA) is 63.2 Å². The molecule has 6 rings (SSSR count). The summed E-state index contributed by atoms with van der Waals surface area (Å²) in [7, 11) is 0. The van der Waals surface area contributed by atoms with Crippen LogP contribution in [0.3, 0.4) is 0 Å². The summed E-state index contributed by atoms with van der Waals surface area (Å²) in [6.07, 6.45) is 5.40. The van der Waals surface area contributed by atoms with Crippen molar-refractivity contribution in [2.24, 2.45) is 23.7 Å². The van der Waals surface area contributed by atoms with Crippen molar-refractivity contribution in [3.8, 4) is 0 Å². The third kappa shape index (κ3) is 3.69. The van der Waals surface area contributed by atoms with E-state index in [0.29, 0.717) is 35.8 Å². The highest BCUT2D eigenvalue weighted by Crippen LogP contribution is 2.60. The van der Waals surface area contributed by atoms with Crippen molar-refractivity contribution in [1.82, 2.24) is 0 Å². The highest BCUT2D eigenvalue weighted by molar-refractivity contribution is 5.89. The first-order chi connectivity index (χ1) is 15.3. The van der Waals surface area contributed by atoms with E-state index in [4.69, 9.17) is 24.0 Å². The number of hydrogen-bond donors (Lipinski definition) is 0. The van der Waals surface area contributed by atoms with Crippen molar-refractivity contribution in [1.29, 1.82) is 0 Å². The molecule has 4 heterocycles. The number of benzene rings is 1. The Hall–Kier alpha value is -1.47. The Labute approximate surface area is 190 Å². The van der Waals surface area contributed by atoms with Gasteiger partial charge in [0.25, 0.3) is 0 Å². The minimum atomic E-state index is -0.744. The fourth-order valence-electron chi connectivity index (χ4n) is 6.61. The number of aryl methyl sites for hydroxylation is 1.